The van der Waals surface area contributed by atoms with Gasteiger partial charge in [-0.3, -0.25) is 0 Å². The number of aromatic nitrogens is 1. The van der Waals surface area contributed by atoms with E-state index >= 15 is 0 Å². The van der Waals surface area contributed by atoms with Crippen LogP contribution < -0.4 is 33.9 Å². The first-order chi connectivity index (χ1) is 15.6. The molecule has 1 aliphatic heterocycles. The molecule has 0 aliphatic carbocycles. The van der Waals surface area contributed by atoms with Crippen LogP contribution in [0.25, 0.3) is 0 Å². The number of allylic oxidation sites excluding steroid dienone is 2. The first kappa shape index (κ1) is 33.8. The molecule has 1 aromatic rings. The number of halogens is 2. The molecule has 0 atom stereocenters. The second-order valence-electron chi connectivity index (χ2n) is 9.78. The summed E-state index contributed by atoms with van der Waals surface area (Å²) in [6, 6.07) is 3.86. The number of dihydropyridines is 1. The minimum absolute atomic E-state index is 0. The third-order valence-corrected chi connectivity index (χ3v) is 5.81. The fraction of sp³-hybridized carbons (Fsp3) is 0.593. The number of hydrogen-bond donors (Lipinski definition) is 1. The number of nitrogens with zero attached hydrogens (tertiary/aromatic N) is 1. The number of aryl methyl sites for hydroxylation is 1. The van der Waals surface area contributed by atoms with Gasteiger partial charge >= 0.3 is 11.9 Å². The molecule has 2 heterocycles. The summed E-state index contributed by atoms with van der Waals surface area (Å²) in [7, 11) is 1.92. The Morgan fingerprint density at radius 2 is 1.40 bits per heavy atom. The Hall–Kier alpha value is -1.17. The smallest absolute Gasteiger partial charge is 0.336 e. The predicted octanol–water partition coefficient (Wildman–Crippen LogP) is 2.33. The average Bonchev–Trinajstić information content (AvgIpc) is 2.73. The number of nitrogens with one attached hydrogen (secondary N) is 1. The normalized spacial score (nSPS) is 13.9. The summed E-state index contributed by atoms with van der Waals surface area (Å²) in [5.74, 6) is -0.217. The van der Waals surface area contributed by atoms with Crippen LogP contribution in [0.2, 0.25) is 0 Å². The minimum atomic E-state index is -0.547. The van der Waals surface area contributed by atoms with Gasteiger partial charge in [0.2, 0.25) is 0 Å². The van der Waals surface area contributed by atoms with Gasteiger partial charge in [0.15, 0.2) is 12.4 Å². The zero-order valence-corrected chi connectivity index (χ0v) is 26.6. The summed E-state index contributed by atoms with van der Waals surface area (Å²) in [4.78, 5) is 26.5. The molecule has 1 aromatic heterocycles. The molecule has 1 aliphatic rings. The monoisotopic (exact) mass is 712 g/mol. The number of rotatable bonds is 11. The summed E-state index contributed by atoms with van der Waals surface area (Å²) in [6.07, 6.45) is 7.48. The van der Waals surface area contributed by atoms with Gasteiger partial charge in [0.1, 0.15) is 7.05 Å². The third-order valence-electron chi connectivity index (χ3n) is 5.81. The Morgan fingerprint density at radius 1 is 0.943 bits per heavy atom. The van der Waals surface area contributed by atoms with E-state index in [-0.39, 0.29) is 48.0 Å². The highest BCUT2D eigenvalue weighted by Gasteiger charge is 2.39. The van der Waals surface area contributed by atoms with Gasteiger partial charge in [-0.2, -0.15) is 0 Å². The van der Waals surface area contributed by atoms with Crippen LogP contribution in [0.5, 0.6) is 0 Å². The summed E-state index contributed by atoms with van der Waals surface area (Å²) in [5, 5.41) is 3.22. The molecule has 0 saturated carbocycles. The number of esters is 2. The van der Waals surface area contributed by atoms with Gasteiger partial charge in [-0.05, 0) is 57.4 Å². The fourth-order valence-electron chi connectivity index (χ4n) is 4.12. The minimum Gasteiger partial charge on any atom is -1.00 e. The lowest BCUT2D eigenvalue weighted by Crippen LogP contribution is -3.00. The average molecular weight is 712 g/mol. The SMILES string of the molecule is CC1=C(C(=O)OCCCC(C)C)C(c2ccc[n+](C)c2)C(C(=O)OCCCC(C)C)=C(C)N1.I.[I-]. The van der Waals surface area contributed by atoms with E-state index in [9.17, 15) is 9.59 Å². The van der Waals surface area contributed by atoms with Gasteiger partial charge in [0.25, 0.3) is 0 Å². The molecule has 0 bridgehead atoms. The van der Waals surface area contributed by atoms with Crippen molar-refractivity contribution in [3.05, 3.63) is 52.6 Å². The predicted molar refractivity (Wildman–Crippen MR) is 144 cm³/mol. The van der Waals surface area contributed by atoms with E-state index in [0.29, 0.717) is 47.6 Å². The molecule has 0 radical (unpaired) electrons. The van der Waals surface area contributed by atoms with E-state index in [4.69, 9.17) is 9.47 Å². The number of carbonyl (C=O) groups excluding carboxylic acids is 2. The highest BCUT2D eigenvalue weighted by atomic mass is 127. The van der Waals surface area contributed by atoms with Crippen molar-refractivity contribution in [2.45, 2.75) is 73.1 Å². The van der Waals surface area contributed by atoms with Crippen molar-refractivity contribution < 1.29 is 47.6 Å². The fourth-order valence-corrected chi connectivity index (χ4v) is 4.12. The molecule has 1 N–H and O–H groups in total. The number of carbonyl (C=O) groups is 2. The van der Waals surface area contributed by atoms with Gasteiger partial charge < -0.3 is 38.8 Å². The van der Waals surface area contributed by atoms with E-state index in [1.54, 1.807) is 0 Å². The zero-order chi connectivity index (χ0) is 24.5. The largest absolute Gasteiger partial charge is 1.00 e. The first-order valence-electron chi connectivity index (χ1n) is 12.1. The molecule has 0 saturated heterocycles. The Balaban J connectivity index is 0.00000578. The van der Waals surface area contributed by atoms with Crippen LogP contribution in [0.15, 0.2) is 47.1 Å². The molecule has 2 rings (SSSR count). The van der Waals surface area contributed by atoms with Crippen molar-refractivity contribution in [2.24, 2.45) is 18.9 Å². The van der Waals surface area contributed by atoms with E-state index in [1.165, 1.54) is 0 Å². The van der Waals surface area contributed by atoms with E-state index in [2.05, 4.69) is 33.0 Å². The van der Waals surface area contributed by atoms with Gasteiger partial charge in [-0.25, -0.2) is 14.2 Å². The molecule has 0 aromatic carbocycles. The topological polar surface area (TPSA) is 68.5 Å². The highest BCUT2D eigenvalue weighted by Crippen LogP contribution is 2.38. The Labute approximate surface area is 245 Å². The zero-order valence-electron chi connectivity index (χ0n) is 22.2. The standard InChI is InChI=1S/C27H40N2O4.2HI/c1-18(2)11-9-15-32-26(30)23-20(5)28-21(6)24(27(31)33-16-10-12-19(3)4)25(23)22-13-8-14-29(7)17-22;;/h8,13-14,17-19,25H,9-12,15-16H2,1-7H3;2*1H. The maximum absolute atomic E-state index is 13.2. The Kier molecular flexibility index (Phi) is 16.0. The van der Waals surface area contributed by atoms with Crippen LogP contribution in [-0.4, -0.2) is 25.2 Å². The summed E-state index contributed by atoms with van der Waals surface area (Å²) in [6.45, 7) is 13.0. The number of pyridine rings is 1. The van der Waals surface area contributed by atoms with Gasteiger partial charge in [-0.15, -0.1) is 24.0 Å². The highest BCUT2D eigenvalue weighted by molar-refractivity contribution is 14.0. The molecule has 0 spiro atoms. The van der Waals surface area contributed by atoms with Crippen LogP contribution in [0.1, 0.15) is 78.7 Å². The summed E-state index contributed by atoms with van der Waals surface area (Å²) in [5.41, 5.74) is 3.18. The summed E-state index contributed by atoms with van der Waals surface area (Å²) >= 11 is 0. The Bertz CT molecular complexity index is 860. The van der Waals surface area contributed by atoms with Gasteiger partial charge in [0.05, 0.1) is 30.3 Å². The van der Waals surface area contributed by atoms with Gasteiger partial charge in [0, 0.05) is 23.0 Å². The maximum atomic E-state index is 13.2. The van der Waals surface area contributed by atoms with E-state index < -0.39 is 17.9 Å². The quantitative estimate of drug-likeness (QED) is 0.165. The third kappa shape index (κ3) is 10.4. The van der Waals surface area contributed by atoms with Crippen molar-refractivity contribution in [1.29, 1.82) is 0 Å². The molecule has 0 unspecified atom stereocenters. The lowest BCUT2D eigenvalue weighted by molar-refractivity contribution is -0.671. The van der Waals surface area contributed by atoms with Crippen molar-refractivity contribution >= 4 is 35.9 Å². The molecular weight excluding hydrogens is 670 g/mol. The summed E-state index contributed by atoms with van der Waals surface area (Å²) < 4.78 is 13.2. The van der Waals surface area contributed by atoms with Crippen molar-refractivity contribution in [2.75, 3.05) is 13.2 Å². The molecular formula is C27H42I2N2O4. The lowest BCUT2D eigenvalue weighted by atomic mass is 9.81. The second kappa shape index (κ2) is 16.6. The molecule has 198 valence electrons. The maximum Gasteiger partial charge on any atom is 0.336 e. The molecule has 35 heavy (non-hydrogen) atoms. The molecule has 8 heteroatoms. The van der Waals surface area contributed by atoms with Crippen LogP contribution >= 0.6 is 24.0 Å². The van der Waals surface area contributed by atoms with Crippen molar-refractivity contribution in [3.8, 4) is 0 Å². The first-order valence-corrected chi connectivity index (χ1v) is 12.1. The van der Waals surface area contributed by atoms with Crippen LogP contribution in [-0.2, 0) is 26.1 Å². The number of ether oxygens (including phenoxy) is 2. The van der Waals surface area contributed by atoms with Crippen molar-refractivity contribution in [3.63, 3.8) is 0 Å². The second-order valence-corrected chi connectivity index (χ2v) is 9.78. The molecule has 0 amide bonds. The molecule has 6 nitrogen and oxygen atoms in total. The van der Waals surface area contributed by atoms with Crippen LogP contribution in [0, 0.1) is 11.8 Å². The van der Waals surface area contributed by atoms with Crippen LogP contribution in [0.4, 0.5) is 0 Å². The molecule has 0 fully saturated rings. The van der Waals surface area contributed by atoms with Crippen LogP contribution in [0.3, 0.4) is 0 Å². The van der Waals surface area contributed by atoms with Gasteiger partial charge in [-0.1, -0.05) is 27.7 Å². The number of hydrogen-bond acceptors (Lipinski definition) is 5. The van der Waals surface area contributed by atoms with E-state index in [0.717, 1.165) is 31.2 Å². The van der Waals surface area contributed by atoms with E-state index in [1.807, 2.05) is 50.0 Å². The Morgan fingerprint density at radius 3 is 1.80 bits per heavy atom. The van der Waals surface area contributed by atoms with Crippen molar-refractivity contribution in [1.82, 2.24) is 5.32 Å². The lowest BCUT2D eigenvalue weighted by Gasteiger charge is -2.30.